The van der Waals surface area contributed by atoms with Crippen molar-refractivity contribution in [3.05, 3.63) is 95.3 Å². The number of thioether (sulfide) groups is 1. The number of methoxy groups -OCH3 is 1. The molecular formula is C28H30N4O3S. The van der Waals surface area contributed by atoms with E-state index in [2.05, 4.69) is 27.6 Å². The van der Waals surface area contributed by atoms with Gasteiger partial charge in [0.15, 0.2) is 11.0 Å². The predicted molar refractivity (Wildman–Crippen MR) is 143 cm³/mol. The van der Waals surface area contributed by atoms with Gasteiger partial charge in [-0.2, -0.15) is 0 Å². The largest absolute Gasteiger partial charge is 0.497 e. The molecule has 7 nitrogen and oxygen atoms in total. The minimum absolute atomic E-state index is 0.0829. The van der Waals surface area contributed by atoms with E-state index in [0.717, 1.165) is 29.0 Å². The molecule has 0 bridgehead atoms. The van der Waals surface area contributed by atoms with Crippen LogP contribution in [0.25, 0.3) is 0 Å². The number of hydrogen-bond acceptors (Lipinski definition) is 6. The van der Waals surface area contributed by atoms with Crippen molar-refractivity contribution in [1.82, 2.24) is 14.8 Å². The number of carbonyl (C=O) groups is 1. The Kier molecular flexibility index (Phi) is 8.62. The summed E-state index contributed by atoms with van der Waals surface area (Å²) in [6.45, 7) is 4.97. The Labute approximate surface area is 215 Å². The SMILES string of the molecule is COc1cccc(OCc2nnc(SCC(=O)Nc3cccc(C)c3C)n2CCc2ccccc2)c1. The van der Waals surface area contributed by atoms with Crippen molar-refractivity contribution in [2.45, 2.75) is 38.6 Å². The standard InChI is InChI=1S/C28H30N4O3S/c1-20-9-7-14-25(21(20)2)29-27(33)19-36-28-31-30-26(18-35-24-13-8-12-23(17-24)34-3)32(28)16-15-22-10-5-4-6-11-22/h4-14,17H,15-16,18-19H2,1-3H3,(H,29,33). The number of ether oxygens (including phenoxy) is 2. The molecule has 1 N–H and O–H groups in total. The van der Waals surface area contributed by atoms with Crippen LogP contribution in [0.5, 0.6) is 11.5 Å². The Hall–Kier alpha value is -3.78. The average molecular weight is 503 g/mol. The number of carbonyl (C=O) groups excluding carboxylic acids is 1. The molecular weight excluding hydrogens is 472 g/mol. The molecule has 8 heteroatoms. The van der Waals surface area contributed by atoms with Crippen LogP contribution in [0.15, 0.2) is 78.0 Å². The van der Waals surface area contributed by atoms with E-state index in [1.807, 2.05) is 79.1 Å². The molecule has 0 saturated heterocycles. The molecule has 0 aliphatic heterocycles. The van der Waals surface area contributed by atoms with Crippen molar-refractivity contribution in [2.75, 3.05) is 18.2 Å². The molecule has 0 atom stereocenters. The number of nitrogens with zero attached hydrogens (tertiary/aromatic N) is 3. The van der Waals surface area contributed by atoms with Crippen LogP contribution in [0.4, 0.5) is 5.69 Å². The van der Waals surface area contributed by atoms with Gasteiger partial charge in [-0.15, -0.1) is 10.2 Å². The van der Waals surface area contributed by atoms with Crippen molar-refractivity contribution < 1.29 is 14.3 Å². The highest BCUT2D eigenvalue weighted by Gasteiger charge is 2.16. The molecule has 4 aromatic rings. The maximum Gasteiger partial charge on any atom is 0.234 e. The van der Waals surface area contributed by atoms with Crippen molar-refractivity contribution in [3.8, 4) is 11.5 Å². The van der Waals surface area contributed by atoms with Crippen molar-refractivity contribution >= 4 is 23.4 Å². The number of rotatable bonds is 11. The highest BCUT2D eigenvalue weighted by molar-refractivity contribution is 7.99. The van der Waals surface area contributed by atoms with Gasteiger partial charge in [-0.1, -0.05) is 60.3 Å². The van der Waals surface area contributed by atoms with E-state index in [4.69, 9.17) is 9.47 Å². The number of aryl methyl sites for hydroxylation is 2. The molecule has 36 heavy (non-hydrogen) atoms. The zero-order valence-corrected chi connectivity index (χ0v) is 21.5. The summed E-state index contributed by atoms with van der Waals surface area (Å²) in [7, 11) is 1.62. The lowest BCUT2D eigenvalue weighted by molar-refractivity contribution is -0.113. The lowest BCUT2D eigenvalue weighted by Gasteiger charge is -2.12. The van der Waals surface area contributed by atoms with Crippen LogP contribution in [0.1, 0.15) is 22.5 Å². The molecule has 0 fully saturated rings. The molecule has 0 saturated carbocycles. The first-order chi connectivity index (χ1) is 17.5. The van der Waals surface area contributed by atoms with E-state index in [-0.39, 0.29) is 18.3 Å². The third-order valence-electron chi connectivity index (χ3n) is 5.88. The Balaban J connectivity index is 1.45. The topological polar surface area (TPSA) is 78.3 Å². The third kappa shape index (κ3) is 6.66. The minimum atomic E-state index is -0.0829. The Morgan fingerprint density at radius 3 is 2.56 bits per heavy atom. The molecule has 0 spiro atoms. The molecule has 186 valence electrons. The fourth-order valence-corrected chi connectivity index (χ4v) is 4.47. The lowest BCUT2D eigenvalue weighted by atomic mass is 10.1. The Morgan fingerprint density at radius 2 is 1.75 bits per heavy atom. The van der Waals surface area contributed by atoms with Crippen molar-refractivity contribution in [3.63, 3.8) is 0 Å². The predicted octanol–water partition coefficient (Wildman–Crippen LogP) is 5.46. The number of anilines is 1. The molecule has 4 rings (SSSR count). The first-order valence-corrected chi connectivity index (χ1v) is 12.7. The summed E-state index contributed by atoms with van der Waals surface area (Å²) in [5.41, 5.74) is 4.26. The zero-order chi connectivity index (χ0) is 25.3. The summed E-state index contributed by atoms with van der Waals surface area (Å²) in [6.07, 6.45) is 0.813. The van der Waals surface area contributed by atoms with Crippen LogP contribution in [0, 0.1) is 13.8 Å². The molecule has 3 aromatic carbocycles. The fraction of sp³-hybridized carbons (Fsp3) is 0.250. The van der Waals surface area contributed by atoms with Crippen LogP contribution in [0.3, 0.4) is 0 Å². The van der Waals surface area contributed by atoms with Crippen molar-refractivity contribution in [1.29, 1.82) is 0 Å². The van der Waals surface area contributed by atoms with Gasteiger partial charge in [-0.25, -0.2) is 0 Å². The second-order valence-electron chi connectivity index (χ2n) is 8.34. The first kappa shape index (κ1) is 25.3. The number of aromatic nitrogens is 3. The summed E-state index contributed by atoms with van der Waals surface area (Å²) in [4.78, 5) is 12.7. The van der Waals surface area contributed by atoms with E-state index < -0.39 is 0 Å². The van der Waals surface area contributed by atoms with Gasteiger partial charge < -0.3 is 19.4 Å². The van der Waals surface area contributed by atoms with Gasteiger partial charge in [0, 0.05) is 18.3 Å². The average Bonchev–Trinajstić information content (AvgIpc) is 3.30. The lowest BCUT2D eigenvalue weighted by Crippen LogP contribution is -2.16. The van der Waals surface area contributed by atoms with Gasteiger partial charge in [0.2, 0.25) is 5.91 Å². The normalized spacial score (nSPS) is 10.8. The smallest absolute Gasteiger partial charge is 0.234 e. The molecule has 0 unspecified atom stereocenters. The maximum atomic E-state index is 12.7. The first-order valence-electron chi connectivity index (χ1n) is 11.7. The van der Waals surface area contributed by atoms with Gasteiger partial charge in [0.05, 0.1) is 12.9 Å². The number of nitrogens with one attached hydrogen (secondary N) is 1. The number of hydrogen-bond donors (Lipinski definition) is 1. The second-order valence-corrected chi connectivity index (χ2v) is 9.28. The Bertz CT molecular complexity index is 1310. The van der Waals surface area contributed by atoms with Crippen LogP contribution in [-0.2, 0) is 24.4 Å². The van der Waals surface area contributed by atoms with Gasteiger partial charge >= 0.3 is 0 Å². The quantitative estimate of drug-likeness (QED) is 0.275. The number of benzene rings is 3. The summed E-state index contributed by atoms with van der Waals surface area (Å²) in [5.74, 6) is 2.26. The summed E-state index contributed by atoms with van der Waals surface area (Å²) in [6, 6.07) is 23.6. The number of amides is 1. The van der Waals surface area contributed by atoms with Crippen LogP contribution >= 0.6 is 11.8 Å². The van der Waals surface area contributed by atoms with Crippen molar-refractivity contribution in [2.24, 2.45) is 0 Å². The van der Waals surface area contributed by atoms with Gasteiger partial charge in [-0.3, -0.25) is 4.79 Å². The summed E-state index contributed by atoms with van der Waals surface area (Å²) < 4.78 is 13.3. The van der Waals surface area contributed by atoms with Gasteiger partial charge in [-0.05, 0) is 55.2 Å². The van der Waals surface area contributed by atoms with Crippen LogP contribution in [0.2, 0.25) is 0 Å². The third-order valence-corrected chi connectivity index (χ3v) is 6.85. The van der Waals surface area contributed by atoms with Gasteiger partial charge in [0.25, 0.3) is 0 Å². The fourth-order valence-electron chi connectivity index (χ4n) is 3.68. The highest BCUT2D eigenvalue weighted by atomic mass is 32.2. The Morgan fingerprint density at radius 1 is 0.972 bits per heavy atom. The monoisotopic (exact) mass is 502 g/mol. The van der Waals surface area contributed by atoms with E-state index in [1.54, 1.807) is 7.11 Å². The van der Waals surface area contributed by atoms with Crippen LogP contribution in [-0.4, -0.2) is 33.5 Å². The molecule has 1 heterocycles. The summed E-state index contributed by atoms with van der Waals surface area (Å²) >= 11 is 1.37. The maximum absolute atomic E-state index is 12.7. The molecule has 0 aliphatic carbocycles. The van der Waals surface area contributed by atoms with E-state index >= 15 is 0 Å². The van der Waals surface area contributed by atoms with E-state index in [1.165, 1.54) is 17.3 Å². The highest BCUT2D eigenvalue weighted by Crippen LogP contribution is 2.23. The molecule has 1 amide bonds. The zero-order valence-electron chi connectivity index (χ0n) is 20.7. The van der Waals surface area contributed by atoms with E-state index in [0.29, 0.717) is 23.3 Å². The van der Waals surface area contributed by atoms with Gasteiger partial charge in [0.1, 0.15) is 18.1 Å². The molecule has 0 aliphatic rings. The minimum Gasteiger partial charge on any atom is -0.497 e. The molecule has 1 aromatic heterocycles. The van der Waals surface area contributed by atoms with Crippen LogP contribution < -0.4 is 14.8 Å². The second kappa shape index (κ2) is 12.3. The van der Waals surface area contributed by atoms with E-state index in [9.17, 15) is 4.79 Å². The molecule has 0 radical (unpaired) electrons. The summed E-state index contributed by atoms with van der Waals surface area (Å²) in [5, 5.41) is 12.4.